The molecule has 144 heavy (non-hydrogen) atoms. The lowest BCUT2D eigenvalue weighted by atomic mass is 9.87. The molecule has 0 aliphatic carbocycles. The van der Waals surface area contributed by atoms with Crippen LogP contribution in [-0.2, 0) is 38.4 Å². The number of Topliss-reactive ketones (excluding diaryl/α,β-unsaturated/α-hetero) is 8. The van der Waals surface area contributed by atoms with Gasteiger partial charge in [-0.15, -0.1) is 0 Å². The molecule has 0 fully saturated rings. The fraction of sp³-hybridized carbons (Fsp3) is 0.531. The van der Waals surface area contributed by atoms with Gasteiger partial charge in [0.05, 0.1) is 66.9 Å². The highest BCUT2D eigenvalue weighted by Crippen LogP contribution is 2.37. The molecule has 16 heteroatoms. The Morgan fingerprint density at radius 1 is 0.167 bits per heavy atom. The van der Waals surface area contributed by atoms with E-state index < -0.39 is 0 Å². The van der Waals surface area contributed by atoms with Crippen LogP contribution in [0.2, 0.25) is 0 Å². The van der Waals surface area contributed by atoms with Gasteiger partial charge >= 0.3 is 0 Å². The van der Waals surface area contributed by atoms with Gasteiger partial charge in [-0.05, 0) is 151 Å². The Bertz CT molecular complexity index is 5750. The summed E-state index contributed by atoms with van der Waals surface area (Å²) in [4.78, 5) is 116. The number of anilines is 4. The highest BCUT2D eigenvalue weighted by molar-refractivity contribution is 6.11. The minimum absolute atomic E-state index is 0.205. The van der Waals surface area contributed by atoms with Crippen molar-refractivity contribution in [2.45, 2.75) is 391 Å². The molecular formula is C128H176N8O8. The van der Waals surface area contributed by atoms with Crippen molar-refractivity contribution < 1.29 is 38.4 Å². The molecule has 0 radical (unpaired) electrons. The van der Waals surface area contributed by atoms with Crippen molar-refractivity contribution in [1.29, 1.82) is 0 Å². The lowest BCUT2D eigenvalue weighted by Gasteiger charge is -2.16. The van der Waals surface area contributed by atoms with Crippen molar-refractivity contribution in [3.8, 4) is 0 Å². The number of nitrogens with one attached hydrogen (secondary N) is 4. The SMILES string of the molecule is CC(C)(C)C(=O)CCCCCCC(=O)CCCCCCCNc1c2ccccc2nc2ccccc12.CC(C)(C)C(=O)CCCCCCC(=O)CCCCCNc1c2ccccc2nc2ccccc12.CC(C)(C)C(=O)CCCCCCCCC(=O)CCCCCCCNc1c2ccccc2nc2ccccc12.CC(C)(C)C(=O)CCCCCCCCC(=O)CCCCCNc1c2ccccc2nc2ccccc12. The predicted molar refractivity (Wildman–Crippen MR) is 610 cm³/mol. The average Bonchev–Trinajstić information content (AvgIpc) is 0.791. The molecule has 0 bridgehead atoms. The lowest BCUT2D eigenvalue weighted by Crippen LogP contribution is -2.19. The quantitative estimate of drug-likeness (QED) is 0.0205. The molecule has 4 heterocycles. The average molecular weight is 1950 g/mol. The van der Waals surface area contributed by atoms with E-state index in [1.807, 2.05) is 132 Å². The van der Waals surface area contributed by atoms with E-state index in [2.05, 4.69) is 167 Å². The van der Waals surface area contributed by atoms with Gasteiger partial charge in [-0.2, -0.15) is 0 Å². The van der Waals surface area contributed by atoms with E-state index in [9.17, 15) is 38.4 Å². The fourth-order valence-electron chi connectivity index (χ4n) is 18.7. The van der Waals surface area contributed by atoms with Gasteiger partial charge in [0.15, 0.2) is 0 Å². The Morgan fingerprint density at radius 2 is 0.285 bits per heavy atom. The molecule has 0 saturated carbocycles. The van der Waals surface area contributed by atoms with Gasteiger partial charge in [-0.25, -0.2) is 19.9 Å². The third-order valence-electron chi connectivity index (χ3n) is 27.9. The fourth-order valence-corrected chi connectivity index (χ4v) is 18.7. The van der Waals surface area contributed by atoms with Crippen molar-refractivity contribution in [1.82, 2.24) is 19.9 Å². The van der Waals surface area contributed by atoms with Crippen LogP contribution in [0.3, 0.4) is 0 Å². The lowest BCUT2D eigenvalue weighted by molar-refractivity contribution is -0.127. The van der Waals surface area contributed by atoms with Crippen LogP contribution in [0.1, 0.15) is 391 Å². The molecule has 12 aromatic rings. The van der Waals surface area contributed by atoms with Crippen LogP contribution in [0.25, 0.3) is 87.2 Å². The number of hydrogen-bond acceptors (Lipinski definition) is 16. The Hall–Kier alpha value is -11.0. The second kappa shape index (κ2) is 63.4. The second-order valence-corrected chi connectivity index (χ2v) is 44.4. The number of carbonyl (C=O) groups excluding carboxylic acids is 8. The summed E-state index contributed by atoms with van der Waals surface area (Å²) >= 11 is 0. The number of benzene rings is 8. The zero-order chi connectivity index (χ0) is 103. The number of rotatable bonds is 64. The maximum atomic E-state index is 12.2. The maximum Gasteiger partial charge on any atom is 0.138 e. The topological polar surface area (TPSA) is 236 Å². The van der Waals surface area contributed by atoms with E-state index in [4.69, 9.17) is 19.9 Å². The van der Waals surface area contributed by atoms with Crippen molar-refractivity contribution in [2.24, 2.45) is 21.7 Å². The minimum Gasteiger partial charge on any atom is -0.384 e. The number of aromatic nitrogens is 4. The monoisotopic (exact) mass is 1950 g/mol. The zero-order valence-corrected chi connectivity index (χ0v) is 90.3. The largest absolute Gasteiger partial charge is 0.384 e. The Morgan fingerprint density at radius 3 is 0.431 bits per heavy atom. The molecule has 776 valence electrons. The van der Waals surface area contributed by atoms with Gasteiger partial charge in [0.2, 0.25) is 0 Å². The second-order valence-electron chi connectivity index (χ2n) is 44.4. The van der Waals surface area contributed by atoms with Gasteiger partial charge in [0.1, 0.15) is 46.3 Å². The first kappa shape index (κ1) is 117. The van der Waals surface area contributed by atoms with E-state index in [-0.39, 0.29) is 21.7 Å². The van der Waals surface area contributed by atoms with E-state index in [0.29, 0.717) is 97.6 Å². The molecule has 4 aromatic heterocycles. The predicted octanol–water partition coefficient (Wildman–Crippen LogP) is 34.7. The van der Waals surface area contributed by atoms with Gasteiger partial charge in [0.25, 0.3) is 0 Å². The van der Waals surface area contributed by atoms with Crippen LogP contribution in [-0.4, -0.2) is 92.4 Å². The van der Waals surface area contributed by atoms with Crippen LogP contribution in [0, 0.1) is 21.7 Å². The summed E-state index contributed by atoms with van der Waals surface area (Å²) in [5.41, 5.74) is 12.0. The van der Waals surface area contributed by atoms with Crippen LogP contribution in [0.4, 0.5) is 22.7 Å². The summed E-state index contributed by atoms with van der Waals surface area (Å²) in [5, 5.41) is 24.0. The van der Waals surface area contributed by atoms with Crippen molar-refractivity contribution in [2.75, 3.05) is 47.4 Å². The minimum atomic E-state index is -0.231. The third-order valence-corrected chi connectivity index (χ3v) is 27.9. The van der Waals surface area contributed by atoms with E-state index in [0.717, 1.165) is 309 Å². The summed E-state index contributed by atoms with van der Waals surface area (Å²) in [6.07, 6.45) is 47.0. The molecule has 4 N–H and O–H groups in total. The van der Waals surface area contributed by atoms with E-state index in [1.54, 1.807) is 0 Å². The van der Waals surface area contributed by atoms with Crippen molar-refractivity contribution in [3.63, 3.8) is 0 Å². The maximum absolute atomic E-state index is 12.2. The third kappa shape index (κ3) is 42.2. The molecule has 0 atom stereocenters. The standard InChI is InChI=1S/C34H48N2O2.2C32H44N2O2.C30H40N2O2/c1-34(2,3)32(38)25-13-9-5-4-7-11-19-27(37)20-12-8-6-10-18-26-35-33-28-21-14-16-23-30(28)36-31-24-17-15-22-29(31)33;1-32(2,3)30(36)23-11-7-6-10-18-25(35)17-9-5-4-8-16-24-33-31-26-19-12-14-21-28(26)34-29-22-15-13-20-27(29)31;1-32(2,3)30(36)23-11-7-5-4-6-9-17-25(35)18-10-8-16-24-33-31-26-19-12-14-21-28(26)34-29-22-15-13-20-27(29)31;1-30(2,3)28(34)21-9-5-4-7-15-23(33)16-8-6-14-22-31-29-24-17-10-12-19-26(24)32-27-20-13-11-18-25(27)29/h14-17,21-24H,4-13,18-20,25-26H2,1-3H3,(H,35,36);2*12-15,19-22H,4-11,16-18,23-24H2,1-3H3,(H,33,34);10-13,17-20H,4-9,14-16,21-22H2,1-3H3,(H,31,32). The van der Waals surface area contributed by atoms with E-state index in [1.165, 1.54) is 84.3 Å². The highest BCUT2D eigenvalue weighted by Gasteiger charge is 2.25. The molecule has 16 nitrogen and oxygen atoms in total. The van der Waals surface area contributed by atoms with Gasteiger partial charge in [0, 0.05) is 168 Å². The Labute approximate surface area is 863 Å². The number of para-hydroxylation sites is 8. The molecule has 0 unspecified atom stereocenters. The van der Waals surface area contributed by atoms with Gasteiger partial charge in [-0.1, -0.05) is 357 Å². The number of pyridine rings is 4. The highest BCUT2D eigenvalue weighted by atomic mass is 16.2. The van der Waals surface area contributed by atoms with Crippen LogP contribution in [0.15, 0.2) is 194 Å². The molecule has 0 saturated heterocycles. The molecule has 12 rings (SSSR count). The zero-order valence-electron chi connectivity index (χ0n) is 90.3. The van der Waals surface area contributed by atoms with Crippen molar-refractivity contribution >= 4 is 156 Å². The number of hydrogen-bond donors (Lipinski definition) is 4. The van der Waals surface area contributed by atoms with Crippen LogP contribution >= 0.6 is 0 Å². The number of fused-ring (bicyclic) bond motifs is 8. The Balaban J connectivity index is 0.000000214. The first-order valence-corrected chi connectivity index (χ1v) is 55.7. The van der Waals surface area contributed by atoms with Gasteiger partial charge < -0.3 is 21.3 Å². The molecule has 0 aliphatic heterocycles. The summed E-state index contributed by atoms with van der Waals surface area (Å²) in [6.45, 7) is 27.5. The molecular weight excluding hydrogens is 1780 g/mol. The normalized spacial score (nSPS) is 11.8. The summed E-state index contributed by atoms with van der Waals surface area (Å²) < 4.78 is 0. The first-order chi connectivity index (χ1) is 69.4. The molecule has 8 aromatic carbocycles. The number of ketones is 8. The first-order valence-electron chi connectivity index (χ1n) is 55.7. The molecule has 0 aliphatic rings. The smallest absolute Gasteiger partial charge is 0.138 e. The molecule has 0 amide bonds. The summed E-state index contributed by atoms with van der Waals surface area (Å²) in [6, 6.07) is 66.4. The van der Waals surface area contributed by atoms with Crippen molar-refractivity contribution in [3.05, 3.63) is 194 Å². The number of nitrogens with zero attached hydrogens (tertiary/aromatic N) is 4. The summed E-state index contributed by atoms with van der Waals surface area (Å²) in [7, 11) is 0. The van der Waals surface area contributed by atoms with E-state index >= 15 is 0 Å². The van der Waals surface area contributed by atoms with Crippen LogP contribution < -0.4 is 21.3 Å². The number of carbonyl (C=O) groups is 8. The molecule has 0 spiro atoms. The van der Waals surface area contributed by atoms with Crippen LogP contribution in [0.5, 0.6) is 0 Å². The summed E-state index contributed by atoms with van der Waals surface area (Å²) in [5.74, 6) is 3.03. The Kier molecular flexibility index (Phi) is 51.3. The number of unbranched alkanes of at least 4 members (excludes halogenated alkanes) is 28. The van der Waals surface area contributed by atoms with Gasteiger partial charge in [-0.3, -0.25) is 38.4 Å².